The lowest BCUT2D eigenvalue weighted by Gasteiger charge is -2.25. The molecule has 2 aromatic rings. The summed E-state index contributed by atoms with van der Waals surface area (Å²) in [6.07, 6.45) is 6.31. The number of carboxylic acids is 1. The second kappa shape index (κ2) is 15.5. The van der Waals surface area contributed by atoms with Crippen molar-refractivity contribution in [2.45, 2.75) is 43.4 Å². The monoisotopic (exact) mass is 553 g/mol. The third-order valence-corrected chi connectivity index (χ3v) is 7.03. The number of aliphatic hydroxyl groups excluding tert-OH is 1. The second-order valence-corrected chi connectivity index (χ2v) is 10.4. The summed E-state index contributed by atoms with van der Waals surface area (Å²) in [5.41, 5.74) is 7.53. The summed E-state index contributed by atoms with van der Waals surface area (Å²) >= 11 is 3.06. The zero-order valence-corrected chi connectivity index (χ0v) is 22.5. The molecule has 13 heteroatoms. The Morgan fingerprint density at radius 3 is 2.16 bits per heavy atom. The smallest absolute Gasteiger partial charge is 0.328 e. The first-order valence-corrected chi connectivity index (χ1v) is 14.5. The number of aliphatic hydroxyl groups is 1. The molecule has 4 atom stereocenters. The highest BCUT2D eigenvalue weighted by Gasteiger charge is 2.30. The van der Waals surface area contributed by atoms with Gasteiger partial charge in [-0.1, -0.05) is 18.2 Å². The van der Waals surface area contributed by atoms with Crippen molar-refractivity contribution >= 4 is 58.1 Å². The highest BCUT2D eigenvalue weighted by molar-refractivity contribution is 7.98. The molecule has 2 rings (SSSR count). The molecule has 0 saturated carbocycles. The normalized spacial score (nSPS) is 14.4. The fraction of sp³-hybridized carbons (Fsp3) is 0.500. The van der Waals surface area contributed by atoms with E-state index in [0.29, 0.717) is 24.3 Å². The summed E-state index contributed by atoms with van der Waals surface area (Å²) in [7, 11) is 0. The van der Waals surface area contributed by atoms with E-state index in [-0.39, 0.29) is 6.42 Å². The number of aromatic amines is 1. The fourth-order valence-electron chi connectivity index (χ4n) is 3.62. The lowest BCUT2D eigenvalue weighted by molar-refractivity contribution is -0.143. The minimum absolute atomic E-state index is 0.0514. The van der Waals surface area contributed by atoms with Gasteiger partial charge in [0.15, 0.2) is 0 Å². The quantitative estimate of drug-likeness (QED) is 0.151. The van der Waals surface area contributed by atoms with Crippen LogP contribution in [0.2, 0.25) is 0 Å². The first kappa shape index (κ1) is 30.5. The number of para-hydroxylation sites is 1. The summed E-state index contributed by atoms with van der Waals surface area (Å²) in [5, 5.41) is 27.1. The predicted molar refractivity (Wildman–Crippen MR) is 146 cm³/mol. The van der Waals surface area contributed by atoms with Crippen LogP contribution in [-0.4, -0.2) is 93.7 Å². The highest BCUT2D eigenvalue weighted by atomic mass is 32.2. The van der Waals surface area contributed by atoms with Crippen molar-refractivity contribution in [3.63, 3.8) is 0 Å². The first-order valence-electron chi connectivity index (χ1n) is 11.7. The number of hydrogen-bond acceptors (Lipinski definition) is 8. The molecule has 0 saturated heterocycles. The van der Waals surface area contributed by atoms with E-state index < -0.39 is 54.5 Å². The first-order chi connectivity index (χ1) is 17.7. The van der Waals surface area contributed by atoms with Crippen LogP contribution in [0.3, 0.4) is 0 Å². The minimum Gasteiger partial charge on any atom is -0.480 e. The lowest BCUT2D eigenvalue weighted by atomic mass is 10.0. The van der Waals surface area contributed by atoms with Gasteiger partial charge >= 0.3 is 5.97 Å². The number of H-pyrrole nitrogens is 1. The molecule has 1 heterocycles. The number of aliphatic carboxylic acids is 1. The molecular formula is C24H35N5O6S2. The minimum atomic E-state index is -1.53. The van der Waals surface area contributed by atoms with Crippen molar-refractivity contribution in [1.29, 1.82) is 0 Å². The maximum absolute atomic E-state index is 13.3. The molecule has 4 unspecified atom stereocenters. The molecule has 37 heavy (non-hydrogen) atoms. The molecule has 1 aromatic carbocycles. The van der Waals surface area contributed by atoms with Crippen LogP contribution in [-0.2, 0) is 25.6 Å². The molecule has 0 aliphatic heterocycles. The number of benzene rings is 1. The molecule has 1 aromatic heterocycles. The molecule has 0 radical (unpaired) electrons. The second-order valence-electron chi connectivity index (χ2n) is 8.44. The van der Waals surface area contributed by atoms with Crippen molar-refractivity contribution in [1.82, 2.24) is 20.9 Å². The summed E-state index contributed by atoms with van der Waals surface area (Å²) < 4.78 is 0. The summed E-state index contributed by atoms with van der Waals surface area (Å²) in [6, 6.07) is 3.02. The van der Waals surface area contributed by atoms with Gasteiger partial charge in [-0.2, -0.15) is 23.5 Å². The Labute approximate surface area is 224 Å². The lowest BCUT2D eigenvalue weighted by Crippen LogP contribution is -2.58. The number of fused-ring (bicyclic) bond motifs is 1. The zero-order chi connectivity index (χ0) is 27.4. The number of hydrogen-bond donors (Lipinski definition) is 7. The summed E-state index contributed by atoms with van der Waals surface area (Å²) in [6.45, 7) is -0.810. The van der Waals surface area contributed by atoms with Crippen LogP contribution in [0, 0.1) is 0 Å². The largest absolute Gasteiger partial charge is 0.480 e. The van der Waals surface area contributed by atoms with E-state index in [2.05, 4.69) is 20.9 Å². The van der Waals surface area contributed by atoms with Crippen LogP contribution in [0.15, 0.2) is 30.5 Å². The summed E-state index contributed by atoms with van der Waals surface area (Å²) in [5.74, 6) is -1.96. The van der Waals surface area contributed by atoms with Crippen LogP contribution in [0.1, 0.15) is 18.4 Å². The van der Waals surface area contributed by atoms with Gasteiger partial charge in [0.05, 0.1) is 12.6 Å². The average Bonchev–Trinajstić information content (AvgIpc) is 3.29. The van der Waals surface area contributed by atoms with E-state index in [1.54, 1.807) is 18.0 Å². The molecule has 0 bridgehead atoms. The Morgan fingerprint density at radius 1 is 0.919 bits per heavy atom. The van der Waals surface area contributed by atoms with Crippen LogP contribution in [0.25, 0.3) is 10.9 Å². The van der Waals surface area contributed by atoms with Crippen molar-refractivity contribution in [3.8, 4) is 0 Å². The Morgan fingerprint density at radius 2 is 1.51 bits per heavy atom. The van der Waals surface area contributed by atoms with Crippen LogP contribution in [0.4, 0.5) is 0 Å². The van der Waals surface area contributed by atoms with Crippen LogP contribution >= 0.6 is 23.5 Å². The van der Waals surface area contributed by atoms with E-state index >= 15 is 0 Å². The van der Waals surface area contributed by atoms with Gasteiger partial charge in [0.25, 0.3) is 0 Å². The third-order valence-electron chi connectivity index (χ3n) is 5.74. The number of rotatable bonds is 16. The van der Waals surface area contributed by atoms with Gasteiger partial charge in [0.1, 0.15) is 18.1 Å². The van der Waals surface area contributed by atoms with Gasteiger partial charge in [-0.3, -0.25) is 14.4 Å². The van der Waals surface area contributed by atoms with E-state index in [1.165, 1.54) is 11.8 Å². The highest BCUT2D eigenvalue weighted by Crippen LogP contribution is 2.19. The molecule has 0 spiro atoms. The standard InChI is InChI=1S/C24H35N5O6S2/c1-36-9-7-16(25)21(31)27-18(8-10-37-2)22(32)28-19(23(33)29-20(13-30)24(34)35)11-14-12-26-17-6-4-3-5-15(14)17/h3-6,12,16,18-20,26,30H,7-11,13,25H2,1-2H3,(H,27,31)(H,28,32)(H,29,33)(H,34,35). The number of carbonyl (C=O) groups is 4. The number of thioether (sulfide) groups is 2. The molecule has 0 aliphatic rings. The zero-order valence-electron chi connectivity index (χ0n) is 20.9. The third kappa shape index (κ3) is 9.26. The summed E-state index contributed by atoms with van der Waals surface area (Å²) in [4.78, 5) is 53.4. The van der Waals surface area contributed by atoms with Gasteiger partial charge in [0.2, 0.25) is 17.7 Å². The van der Waals surface area contributed by atoms with E-state index in [9.17, 15) is 29.4 Å². The number of nitrogens with two attached hydrogens (primary N) is 1. The number of amides is 3. The van der Waals surface area contributed by atoms with Gasteiger partial charge in [-0.05, 0) is 48.5 Å². The number of nitrogens with one attached hydrogen (secondary N) is 4. The van der Waals surface area contributed by atoms with Crippen molar-refractivity contribution in [2.24, 2.45) is 5.73 Å². The Hall–Kier alpha value is -2.74. The molecule has 0 fully saturated rings. The Bertz CT molecular complexity index is 1070. The number of carbonyl (C=O) groups excluding carboxylic acids is 3. The number of aromatic nitrogens is 1. The molecule has 204 valence electrons. The molecule has 0 aliphatic carbocycles. The predicted octanol–water partition coefficient (Wildman–Crippen LogP) is 0.0752. The molecular weight excluding hydrogens is 518 g/mol. The van der Waals surface area contributed by atoms with Crippen molar-refractivity contribution in [3.05, 3.63) is 36.0 Å². The Kier molecular flexibility index (Phi) is 12.8. The van der Waals surface area contributed by atoms with Crippen molar-refractivity contribution < 1.29 is 29.4 Å². The van der Waals surface area contributed by atoms with Gasteiger partial charge < -0.3 is 36.9 Å². The maximum atomic E-state index is 13.3. The van der Waals surface area contributed by atoms with Gasteiger partial charge in [-0.15, -0.1) is 0 Å². The number of carboxylic acid groups (broad SMARTS) is 1. The molecule has 11 nitrogen and oxygen atoms in total. The van der Waals surface area contributed by atoms with E-state index in [0.717, 1.165) is 16.5 Å². The van der Waals surface area contributed by atoms with Crippen molar-refractivity contribution in [2.75, 3.05) is 30.6 Å². The molecule has 8 N–H and O–H groups in total. The fourth-order valence-corrected chi connectivity index (χ4v) is 4.58. The van der Waals surface area contributed by atoms with Crippen LogP contribution in [0.5, 0.6) is 0 Å². The SMILES string of the molecule is CSCCC(N)C(=O)NC(CCSC)C(=O)NC(Cc1c[nH]c2ccccc12)C(=O)NC(CO)C(=O)O. The maximum Gasteiger partial charge on any atom is 0.328 e. The topological polar surface area (TPSA) is 187 Å². The van der Waals surface area contributed by atoms with Gasteiger partial charge in [-0.25, -0.2) is 4.79 Å². The molecule has 3 amide bonds. The Balaban J connectivity index is 2.26. The van der Waals surface area contributed by atoms with Gasteiger partial charge in [0, 0.05) is 23.5 Å². The van der Waals surface area contributed by atoms with Crippen LogP contribution < -0.4 is 21.7 Å². The average molecular weight is 554 g/mol. The van der Waals surface area contributed by atoms with E-state index in [4.69, 9.17) is 5.73 Å². The van der Waals surface area contributed by atoms with E-state index in [1.807, 2.05) is 36.8 Å².